The lowest BCUT2D eigenvalue weighted by Crippen LogP contribution is -2.54. The molecule has 3 aromatic carbocycles. The van der Waals surface area contributed by atoms with Crippen molar-refractivity contribution in [1.29, 1.82) is 0 Å². The molecule has 1 heterocycles. The molecule has 7 nitrogen and oxygen atoms in total. The number of hydrogen-bond acceptors (Lipinski definition) is 5. The summed E-state index contributed by atoms with van der Waals surface area (Å²) in [5.74, 6) is 0.532. The molecule has 1 amide bonds. The topological polar surface area (TPSA) is 96.5 Å². The number of methoxy groups -OCH3 is 1. The van der Waals surface area contributed by atoms with Crippen molar-refractivity contribution in [2.24, 2.45) is 0 Å². The highest BCUT2D eigenvalue weighted by Gasteiger charge is 2.39. The van der Waals surface area contributed by atoms with Crippen LogP contribution in [0.3, 0.4) is 0 Å². The number of hydrogen-bond donors (Lipinski definition) is 3. The van der Waals surface area contributed by atoms with Crippen molar-refractivity contribution >= 4 is 16.8 Å². The number of aromatic amines is 1. The van der Waals surface area contributed by atoms with Crippen LogP contribution in [-0.2, 0) is 6.42 Å². The molecule has 1 aliphatic carbocycles. The second kappa shape index (κ2) is 11.1. The molecule has 8 heteroatoms. The quantitative estimate of drug-likeness (QED) is 0.267. The number of aromatic nitrogens is 2. The van der Waals surface area contributed by atoms with E-state index in [9.17, 15) is 14.3 Å². The molecule has 0 aliphatic heterocycles. The number of H-pyrrole nitrogens is 1. The molecular weight excluding hydrogens is 497 g/mol. The molecule has 3 N–H and O–H groups in total. The van der Waals surface area contributed by atoms with Gasteiger partial charge in [-0.1, -0.05) is 6.07 Å². The first-order valence-electron chi connectivity index (χ1n) is 13.3. The van der Waals surface area contributed by atoms with Crippen LogP contribution < -0.4 is 14.8 Å². The van der Waals surface area contributed by atoms with Crippen molar-refractivity contribution in [2.75, 3.05) is 7.11 Å². The fourth-order valence-corrected chi connectivity index (χ4v) is 5.54. The summed E-state index contributed by atoms with van der Waals surface area (Å²) in [4.78, 5) is 13.7. The van der Waals surface area contributed by atoms with Crippen molar-refractivity contribution in [3.8, 4) is 22.8 Å². The third kappa shape index (κ3) is 5.76. The fraction of sp³-hybridized carbons (Fsp3) is 0.355. The number of amides is 1. The van der Waals surface area contributed by atoms with Crippen LogP contribution in [0, 0.1) is 5.82 Å². The molecule has 1 aromatic heterocycles. The molecule has 1 aliphatic rings. The Hall–Kier alpha value is -3.91. The third-order valence-corrected chi connectivity index (χ3v) is 7.33. The molecule has 0 radical (unpaired) electrons. The smallest absolute Gasteiger partial charge is 0.251 e. The Bertz CT molecular complexity index is 1470. The minimum absolute atomic E-state index is 0.0798. The average Bonchev–Trinajstić information content (AvgIpc) is 3.33. The molecule has 0 spiro atoms. The summed E-state index contributed by atoms with van der Waals surface area (Å²) in [6.07, 6.45) is 2.04. The van der Waals surface area contributed by atoms with Gasteiger partial charge in [0.15, 0.2) is 0 Å². The molecule has 39 heavy (non-hydrogen) atoms. The van der Waals surface area contributed by atoms with E-state index in [1.807, 2.05) is 50.2 Å². The predicted octanol–water partition coefficient (Wildman–Crippen LogP) is 5.81. The minimum atomic E-state index is -0.815. The van der Waals surface area contributed by atoms with Gasteiger partial charge in [-0.25, -0.2) is 4.39 Å². The van der Waals surface area contributed by atoms with Crippen molar-refractivity contribution in [1.82, 2.24) is 15.5 Å². The molecular formula is C31H34FN3O4. The van der Waals surface area contributed by atoms with E-state index in [0.29, 0.717) is 36.1 Å². The summed E-state index contributed by atoms with van der Waals surface area (Å²) in [5, 5.41) is 22.1. The molecule has 4 aromatic rings. The maximum Gasteiger partial charge on any atom is 0.251 e. The zero-order valence-electron chi connectivity index (χ0n) is 22.5. The molecule has 0 unspecified atom stereocenters. The first-order chi connectivity index (χ1) is 18.8. The number of nitrogens with one attached hydrogen (secondary N) is 2. The SMILES string of the molecule is COc1cccc(F)c1C[C@]1(NC(=O)c2ccc3[nH]nc(-c4ccc(OC(C)C)cc4)c3c2)CCC[C@H](O)C1. The Balaban J connectivity index is 1.44. The van der Waals surface area contributed by atoms with Crippen LogP contribution >= 0.6 is 0 Å². The summed E-state index contributed by atoms with van der Waals surface area (Å²) in [6, 6.07) is 17.8. The number of aliphatic hydroxyl groups excluding tert-OH is 1. The van der Waals surface area contributed by atoms with Gasteiger partial charge in [0.25, 0.3) is 5.91 Å². The molecule has 204 valence electrons. The van der Waals surface area contributed by atoms with Crippen LogP contribution in [-0.4, -0.2) is 46.1 Å². The third-order valence-electron chi connectivity index (χ3n) is 7.33. The van der Waals surface area contributed by atoms with E-state index in [2.05, 4.69) is 15.5 Å². The predicted molar refractivity (Wildman–Crippen MR) is 149 cm³/mol. The van der Waals surface area contributed by atoms with Crippen LogP contribution in [0.5, 0.6) is 11.5 Å². The van der Waals surface area contributed by atoms with Gasteiger partial charge in [0.1, 0.15) is 17.3 Å². The van der Waals surface area contributed by atoms with Gasteiger partial charge < -0.3 is 19.9 Å². The molecule has 5 rings (SSSR count). The molecule has 0 saturated heterocycles. The van der Waals surface area contributed by atoms with Crippen molar-refractivity contribution in [3.63, 3.8) is 0 Å². The Morgan fingerprint density at radius 3 is 2.72 bits per heavy atom. The van der Waals surface area contributed by atoms with Gasteiger partial charge in [0.2, 0.25) is 0 Å². The van der Waals surface area contributed by atoms with Gasteiger partial charge in [-0.3, -0.25) is 9.89 Å². The molecule has 1 saturated carbocycles. The Labute approximate surface area is 227 Å². The van der Waals surface area contributed by atoms with Crippen LogP contribution in [0.4, 0.5) is 4.39 Å². The lowest BCUT2D eigenvalue weighted by molar-refractivity contribution is 0.0601. The summed E-state index contributed by atoms with van der Waals surface area (Å²) in [5.41, 5.74) is 2.48. The Morgan fingerprint density at radius 1 is 1.21 bits per heavy atom. The maximum absolute atomic E-state index is 14.9. The van der Waals surface area contributed by atoms with Crippen molar-refractivity contribution < 1.29 is 23.8 Å². The lowest BCUT2D eigenvalue weighted by Gasteiger charge is -2.40. The Kier molecular flexibility index (Phi) is 7.57. The molecule has 1 fully saturated rings. The van der Waals surface area contributed by atoms with Crippen molar-refractivity contribution in [2.45, 2.75) is 63.7 Å². The number of carbonyl (C=O) groups is 1. The van der Waals surface area contributed by atoms with E-state index < -0.39 is 17.5 Å². The van der Waals surface area contributed by atoms with Gasteiger partial charge in [-0.05, 0) is 94.1 Å². The number of carbonyl (C=O) groups excluding carboxylic acids is 1. The van der Waals surface area contributed by atoms with E-state index >= 15 is 0 Å². The van der Waals surface area contributed by atoms with Crippen LogP contribution in [0.1, 0.15) is 55.5 Å². The Morgan fingerprint density at radius 2 is 2.00 bits per heavy atom. The van der Waals surface area contributed by atoms with Crippen LogP contribution in [0.2, 0.25) is 0 Å². The number of fused-ring (bicyclic) bond motifs is 1. The highest BCUT2D eigenvalue weighted by atomic mass is 19.1. The van der Waals surface area contributed by atoms with Crippen LogP contribution in [0.15, 0.2) is 60.7 Å². The van der Waals surface area contributed by atoms with E-state index in [-0.39, 0.29) is 18.4 Å². The average molecular weight is 532 g/mol. The minimum Gasteiger partial charge on any atom is -0.496 e. The summed E-state index contributed by atoms with van der Waals surface area (Å²) in [7, 11) is 1.50. The fourth-order valence-electron chi connectivity index (χ4n) is 5.54. The van der Waals surface area contributed by atoms with Gasteiger partial charge in [-0.2, -0.15) is 5.10 Å². The van der Waals surface area contributed by atoms with E-state index in [4.69, 9.17) is 9.47 Å². The number of halogens is 1. The van der Waals surface area contributed by atoms with Gasteiger partial charge in [-0.15, -0.1) is 0 Å². The van der Waals surface area contributed by atoms with Gasteiger partial charge in [0, 0.05) is 34.0 Å². The summed E-state index contributed by atoms with van der Waals surface area (Å²) < 4.78 is 26.0. The lowest BCUT2D eigenvalue weighted by atomic mass is 9.75. The first-order valence-corrected chi connectivity index (χ1v) is 13.3. The second-order valence-electron chi connectivity index (χ2n) is 10.6. The number of rotatable bonds is 8. The van der Waals surface area contributed by atoms with Crippen molar-refractivity contribution in [3.05, 3.63) is 77.6 Å². The zero-order valence-corrected chi connectivity index (χ0v) is 22.5. The zero-order chi connectivity index (χ0) is 27.6. The highest BCUT2D eigenvalue weighted by Crippen LogP contribution is 2.36. The summed E-state index contributed by atoms with van der Waals surface area (Å²) >= 11 is 0. The summed E-state index contributed by atoms with van der Waals surface area (Å²) in [6.45, 7) is 3.96. The van der Waals surface area contributed by atoms with Gasteiger partial charge >= 0.3 is 0 Å². The maximum atomic E-state index is 14.9. The van der Waals surface area contributed by atoms with Crippen LogP contribution in [0.25, 0.3) is 22.2 Å². The molecule has 2 atom stereocenters. The van der Waals surface area contributed by atoms with Gasteiger partial charge in [0.05, 0.1) is 30.5 Å². The van der Waals surface area contributed by atoms with E-state index in [0.717, 1.165) is 34.3 Å². The first kappa shape index (κ1) is 26.7. The number of aliphatic hydroxyl groups is 1. The monoisotopic (exact) mass is 531 g/mol. The standard InChI is InChI=1S/C31H34FN3O4/c1-19(2)39-23-12-9-20(10-13-23)29-24-16-21(11-14-27(24)34-35-29)30(37)33-31(15-5-6-22(36)17-31)18-25-26(32)7-4-8-28(25)38-3/h4,7-14,16,19,22,36H,5-6,15,17-18H2,1-3H3,(H,33,37)(H,34,35)/t22-,31-/m0/s1. The largest absolute Gasteiger partial charge is 0.496 e. The number of ether oxygens (including phenoxy) is 2. The van der Waals surface area contributed by atoms with E-state index in [1.165, 1.54) is 13.2 Å². The molecule has 0 bridgehead atoms. The number of nitrogens with zero attached hydrogens (tertiary/aromatic N) is 1. The van der Waals surface area contributed by atoms with E-state index in [1.54, 1.807) is 18.2 Å². The highest BCUT2D eigenvalue weighted by molar-refractivity contribution is 6.01. The second-order valence-corrected chi connectivity index (χ2v) is 10.6. The number of benzene rings is 3. The normalized spacial score (nSPS) is 19.3.